The number of guanidine groups is 1. The van der Waals surface area contributed by atoms with Crippen LogP contribution in [-0.4, -0.2) is 250 Å². The highest BCUT2D eigenvalue weighted by atomic mass is 19.4. The molecule has 0 bridgehead atoms. The third-order valence-electron chi connectivity index (χ3n) is 14.9. The number of carbonyl (C=O) groups is 17. The number of carboxylic acids is 6. The van der Waals surface area contributed by atoms with Crippen LogP contribution in [0.2, 0.25) is 0 Å². The Balaban J connectivity index is 0.00000537. The van der Waals surface area contributed by atoms with Crippen molar-refractivity contribution in [1.29, 1.82) is 0 Å². The maximum absolute atomic E-state index is 14.6. The third kappa shape index (κ3) is 35.3. The summed E-state index contributed by atoms with van der Waals surface area (Å²) in [5.41, 5.74) is 17.5. The number of aliphatic hydroxyl groups excluding tert-OH is 1. The molecule has 0 radical (unpaired) electrons. The zero-order valence-electron chi connectivity index (χ0n) is 58.0. The number of halogens is 3. The highest BCUT2D eigenvalue weighted by Gasteiger charge is 2.39. The van der Waals surface area contributed by atoms with Crippen LogP contribution in [0.4, 0.5) is 13.2 Å². The number of imidazole rings is 1. The van der Waals surface area contributed by atoms with Crippen molar-refractivity contribution in [3.63, 3.8) is 0 Å². The van der Waals surface area contributed by atoms with Crippen molar-refractivity contribution in [3.8, 4) is 5.75 Å². The molecule has 0 aliphatic heterocycles. The molecule has 1 aromatic heterocycles. The maximum Gasteiger partial charge on any atom is 0.490 e. The highest BCUT2D eigenvalue weighted by molar-refractivity contribution is 6.00. The number of aliphatic carboxylic acids is 6. The van der Waals surface area contributed by atoms with Gasteiger partial charge >= 0.3 is 42.0 Å². The van der Waals surface area contributed by atoms with Crippen LogP contribution in [0.15, 0.2) is 72.1 Å². The van der Waals surface area contributed by atoms with Gasteiger partial charge in [-0.2, -0.15) is 13.2 Å². The molecule has 3 rings (SSSR count). The lowest BCUT2D eigenvalue weighted by atomic mass is 10.0. The molecule has 11 atom stereocenters. The van der Waals surface area contributed by atoms with E-state index in [1.165, 1.54) is 50.6 Å². The number of aromatic hydroxyl groups is 1. The van der Waals surface area contributed by atoms with Gasteiger partial charge in [-0.15, -0.1) is 0 Å². The summed E-state index contributed by atoms with van der Waals surface area (Å²) < 4.78 is 31.7. The first-order valence-corrected chi connectivity index (χ1v) is 32.4. The van der Waals surface area contributed by atoms with E-state index in [2.05, 4.69) is 73.4 Å². The predicted molar refractivity (Wildman–Crippen MR) is 362 cm³/mol. The lowest BCUT2D eigenvalue weighted by Gasteiger charge is -2.27. The van der Waals surface area contributed by atoms with Crippen molar-refractivity contribution in [2.24, 2.45) is 28.1 Å². The molecule has 42 nitrogen and oxygen atoms in total. The van der Waals surface area contributed by atoms with E-state index in [0.29, 0.717) is 11.1 Å². The van der Waals surface area contributed by atoms with Crippen LogP contribution in [0.25, 0.3) is 0 Å². The average molecular weight is 1540 g/mol. The van der Waals surface area contributed by atoms with Gasteiger partial charge in [-0.05, 0) is 61.8 Å². The van der Waals surface area contributed by atoms with Crippen LogP contribution in [0.1, 0.15) is 89.0 Å². The Bertz CT molecular complexity index is 3660. The Hall–Kier alpha value is -12.6. The summed E-state index contributed by atoms with van der Waals surface area (Å²) in [7, 11) is 0. The Morgan fingerprint density at radius 1 is 0.509 bits per heavy atom. The minimum Gasteiger partial charge on any atom is -0.508 e. The van der Waals surface area contributed by atoms with Crippen LogP contribution in [-0.2, 0) is 101 Å². The first-order valence-electron chi connectivity index (χ1n) is 32.4. The lowest BCUT2D eigenvalue weighted by molar-refractivity contribution is -0.192. The van der Waals surface area contributed by atoms with Gasteiger partial charge in [-0.1, -0.05) is 56.3 Å². The molecule has 0 spiro atoms. The summed E-state index contributed by atoms with van der Waals surface area (Å²) >= 11 is 0. The van der Waals surface area contributed by atoms with Gasteiger partial charge in [0.15, 0.2) is 5.96 Å². The van der Waals surface area contributed by atoms with Crippen molar-refractivity contribution in [2.45, 2.75) is 164 Å². The lowest BCUT2D eigenvalue weighted by Crippen LogP contribution is -2.61. The fourth-order valence-corrected chi connectivity index (χ4v) is 9.29. The number of nitrogens with two attached hydrogens (primary N) is 3. The molecular formula is C63H86F3N17O25. The van der Waals surface area contributed by atoms with Gasteiger partial charge in [0.05, 0.1) is 38.4 Å². The summed E-state index contributed by atoms with van der Waals surface area (Å²) in [6, 6.07) is -5.70. The molecule has 11 amide bonds. The van der Waals surface area contributed by atoms with E-state index < -0.39 is 237 Å². The molecule has 0 aliphatic rings. The first kappa shape index (κ1) is 91.5. The van der Waals surface area contributed by atoms with Gasteiger partial charge in [-0.25, -0.2) is 14.6 Å². The van der Waals surface area contributed by atoms with Crippen molar-refractivity contribution < 1.29 is 136 Å². The van der Waals surface area contributed by atoms with Gasteiger partial charge in [0.1, 0.15) is 66.2 Å². The van der Waals surface area contributed by atoms with Gasteiger partial charge < -0.3 is 122 Å². The molecule has 594 valence electrons. The van der Waals surface area contributed by atoms with Gasteiger partial charge in [0, 0.05) is 50.5 Å². The minimum absolute atomic E-state index is 0.0659. The summed E-state index contributed by atoms with van der Waals surface area (Å²) in [4.78, 5) is 230. The summed E-state index contributed by atoms with van der Waals surface area (Å²) in [6.45, 7) is 1.71. The molecule has 26 N–H and O–H groups in total. The maximum atomic E-state index is 14.6. The summed E-state index contributed by atoms with van der Waals surface area (Å²) in [6.07, 6.45) is -8.80. The molecule has 0 fully saturated rings. The molecule has 0 saturated heterocycles. The number of alkyl halides is 3. The van der Waals surface area contributed by atoms with E-state index in [4.69, 9.17) is 32.2 Å². The van der Waals surface area contributed by atoms with Gasteiger partial charge in [0.2, 0.25) is 65.0 Å². The van der Waals surface area contributed by atoms with Crippen LogP contribution in [0, 0.1) is 5.92 Å². The van der Waals surface area contributed by atoms with Crippen LogP contribution in [0.3, 0.4) is 0 Å². The number of aliphatic hydroxyl groups is 1. The van der Waals surface area contributed by atoms with E-state index >= 15 is 0 Å². The number of nitrogens with one attached hydrogen (secondary N) is 12. The normalized spacial score (nSPS) is 14.0. The predicted octanol–water partition coefficient (Wildman–Crippen LogP) is -6.45. The number of phenolic OH excluding ortho intramolecular Hbond substituents is 1. The number of aromatic nitrogens is 2. The zero-order chi connectivity index (χ0) is 81.7. The van der Waals surface area contributed by atoms with Gasteiger partial charge in [-0.3, -0.25) is 76.9 Å². The summed E-state index contributed by atoms with van der Waals surface area (Å²) in [5, 5.41) is 100. The Morgan fingerprint density at radius 2 is 0.944 bits per heavy atom. The second kappa shape index (κ2) is 45.6. The fourth-order valence-electron chi connectivity index (χ4n) is 9.29. The molecule has 108 heavy (non-hydrogen) atoms. The average Bonchev–Trinajstić information content (AvgIpc) is 0.950. The SMILES string of the molecule is CC(C)[C@H](NC(=O)[C@H](CCC(=O)O)NC(=O)[C@H](Cc1ccc(O)cc1)NC(=O)CNC(=O)[C@H](CO)NC(=O)[C@H](CC(=O)O)NC(=O)[C@H](Cc1cnc[nH]1)NC(=O)[C@H](CCCN=C(N)N)NC(=O)[C@H](Cc1ccccc1)NC(=O)[C@H](CCC(=O)O)NC(=O)[C@H](C)NC(=O)[C@@H](N)CC(=O)O)C(=O)O.O=C(O)C(F)(F)F. The number of amides is 11. The van der Waals surface area contributed by atoms with E-state index in [1.54, 1.807) is 30.3 Å². The molecule has 0 unspecified atom stereocenters. The minimum atomic E-state index is -5.08. The molecule has 0 aliphatic carbocycles. The van der Waals surface area contributed by atoms with Crippen molar-refractivity contribution in [2.75, 3.05) is 19.7 Å². The third-order valence-corrected chi connectivity index (χ3v) is 14.9. The van der Waals surface area contributed by atoms with Gasteiger partial charge in [0.25, 0.3) is 0 Å². The standard InChI is InChI=1S/C61H85N17O23.C2HF3O2/c1-29(2)49(60(100)101)78-55(95)38(16-18-46(84)85)73-56(96)39(21-32-11-13-34(80)14-12-32)70-44(81)26-67-52(92)43(27-79)77-59(99)42(24-48(88)89)76-58(98)41(22-33-25-65-28-68-33)75-53(93)36(10-7-19-66-61(63)64)72-57(97)40(20-31-8-5-4-6-9-31)74-54(94)37(15-17-45(82)83)71-50(90)30(3)69-51(91)35(62)23-47(86)87;3-2(4,5)1(6)7/h4-6,8-9,11-14,25,28-30,35-43,49,79-80H,7,10,15-24,26-27,62H2,1-3H3,(H,65,68)(H,67,92)(H,69,91)(H,70,81)(H,71,90)(H,72,97)(H,73,96)(H,74,94)(H,75,93)(H,76,98)(H,77,99)(H,78,95)(H,82,83)(H,84,85)(H,86,87)(H,88,89)(H,100,101)(H4,63,64,66);(H,6,7)/t30-,35-,36-,37-,38-,39-,40-,41-,42-,43-,49-;/m0./s1. The molecule has 45 heteroatoms. The number of hydrogen-bond donors (Lipinski definition) is 23. The number of aliphatic imine (C=N–C) groups is 1. The molecule has 3 aromatic rings. The van der Waals surface area contributed by atoms with E-state index in [-0.39, 0.29) is 49.6 Å². The fraction of sp³-hybridized carbons (Fsp3) is 0.476. The molecular weight excluding hydrogens is 1450 g/mol. The number of benzene rings is 2. The van der Waals surface area contributed by atoms with E-state index in [0.717, 1.165) is 6.92 Å². The number of rotatable bonds is 45. The smallest absolute Gasteiger partial charge is 0.490 e. The molecule has 0 saturated carbocycles. The summed E-state index contributed by atoms with van der Waals surface area (Å²) in [5.74, 6) is -24.1. The second-order valence-electron chi connectivity index (χ2n) is 24.0. The molecule has 1 heterocycles. The quantitative estimate of drug-likeness (QED) is 0.0142. The number of phenols is 1. The van der Waals surface area contributed by atoms with Crippen molar-refractivity contribution in [3.05, 3.63) is 83.9 Å². The number of carbonyl (C=O) groups excluding carboxylic acids is 11. The Labute approximate surface area is 610 Å². The topological polar surface area (TPSA) is 703 Å². The van der Waals surface area contributed by atoms with Crippen LogP contribution < -0.4 is 75.7 Å². The number of aromatic amines is 1. The van der Waals surface area contributed by atoms with Crippen LogP contribution in [0.5, 0.6) is 5.75 Å². The van der Waals surface area contributed by atoms with Crippen LogP contribution >= 0.6 is 0 Å². The largest absolute Gasteiger partial charge is 0.508 e. The number of H-pyrrole nitrogens is 1. The Morgan fingerprint density at radius 3 is 1.40 bits per heavy atom. The zero-order valence-corrected chi connectivity index (χ0v) is 58.0. The number of carboxylic acid groups (broad SMARTS) is 6. The van der Waals surface area contributed by atoms with Crippen molar-refractivity contribution in [1.82, 2.24) is 68.5 Å². The van der Waals surface area contributed by atoms with E-state index in [1.807, 2.05) is 0 Å². The highest BCUT2D eigenvalue weighted by Crippen LogP contribution is 2.16. The Kier molecular flexibility index (Phi) is 38.6. The monoisotopic (exact) mass is 1540 g/mol. The second-order valence-corrected chi connectivity index (χ2v) is 24.0. The molecule has 2 aromatic carbocycles. The number of nitrogens with zero attached hydrogens (tertiary/aromatic N) is 2. The van der Waals surface area contributed by atoms with E-state index in [9.17, 15) is 121 Å². The number of hydrogen-bond acceptors (Lipinski definition) is 22. The van der Waals surface area contributed by atoms with Crippen molar-refractivity contribution >= 4 is 107 Å². The first-order chi connectivity index (χ1) is 50.5.